The number of esters is 1. The van der Waals surface area contributed by atoms with Crippen LogP contribution in [0.1, 0.15) is 18.9 Å². The summed E-state index contributed by atoms with van der Waals surface area (Å²) in [5.41, 5.74) is 1.14. The zero-order chi connectivity index (χ0) is 13.1. The summed E-state index contributed by atoms with van der Waals surface area (Å²) in [6.45, 7) is 4.40. The maximum absolute atomic E-state index is 10.9. The smallest absolute Gasteiger partial charge is 0.310 e. The van der Waals surface area contributed by atoms with E-state index in [0.717, 1.165) is 18.7 Å². The second-order valence-electron chi connectivity index (χ2n) is 3.16. The van der Waals surface area contributed by atoms with Crippen molar-refractivity contribution < 1.29 is 19.4 Å². The maximum Gasteiger partial charge on any atom is 0.310 e. The first-order valence-corrected chi connectivity index (χ1v) is 5.10. The number of carboxylic acids is 1. The Labute approximate surface area is 101 Å². The molecule has 0 bridgehead atoms. The van der Waals surface area contributed by atoms with Crippen molar-refractivity contribution in [3.63, 3.8) is 0 Å². The number of hydrogen-bond acceptors (Lipinski definition) is 3. The van der Waals surface area contributed by atoms with E-state index in [0.29, 0.717) is 12.8 Å². The molecule has 4 heteroatoms. The molecule has 0 radical (unpaired) electrons. The Balaban J connectivity index is 0.000000557. The normalized spacial score (nSPS) is 8.53. The molecule has 17 heavy (non-hydrogen) atoms. The number of aryl methyl sites for hydroxylation is 1. The van der Waals surface area contributed by atoms with Crippen LogP contribution in [0.3, 0.4) is 0 Å². The zero-order valence-corrected chi connectivity index (χ0v) is 9.76. The van der Waals surface area contributed by atoms with Crippen LogP contribution in [-0.4, -0.2) is 17.0 Å². The number of carbonyl (C=O) groups is 2. The van der Waals surface area contributed by atoms with Crippen molar-refractivity contribution in [3.05, 3.63) is 48.7 Å². The van der Waals surface area contributed by atoms with Gasteiger partial charge in [0.1, 0.15) is 0 Å². The van der Waals surface area contributed by atoms with Crippen molar-refractivity contribution in [3.8, 4) is 0 Å². The van der Waals surface area contributed by atoms with E-state index in [1.54, 1.807) is 0 Å². The van der Waals surface area contributed by atoms with Crippen LogP contribution in [0.2, 0.25) is 0 Å². The van der Waals surface area contributed by atoms with E-state index in [2.05, 4.69) is 11.3 Å². The number of carboxylic acid groups (broad SMARTS) is 1. The molecule has 0 aliphatic rings. The summed E-state index contributed by atoms with van der Waals surface area (Å²) in [5, 5.41) is 7.42. The molecule has 0 fully saturated rings. The molecule has 0 unspecified atom stereocenters. The number of rotatable bonds is 4. The molecule has 1 aromatic rings. The average molecular weight is 236 g/mol. The van der Waals surface area contributed by atoms with Gasteiger partial charge < -0.3 is 9.84 Å². The molecule has 1 aromatic carbocycles. The standard InChI is InChI=1S/C11H12O2.C2H4O2/c1-2-13-11(12)9-8-10-6-4-3-5-7-10;1-2(3)4/h2-7H,1,8-9H2;1H3,(H,3,4). The third-order valence-electron chi connectivity index (χ3n) is 1.68. The summed E-state index contributed by atoms with van der Waals surface area (Å²) < 4.78 is 4.59. The molecule has 0 amide bonds. The summed E-state index contributed by atoms with van der Waals surface area (Å²) >= 11 is 0. The highest BCUT2D eigenvalue weighted by atomic mass is 16.5. The van der Waals surface area contributed by atoms with Gasteiger partial charge >= 0.3 is 5.97 Å². The number of benzene rings is 1. The second kappa shape index (κ2) is 9.15. The first-order valence-electron chi connectivity index (χ1n) is 5.10. The molecule has 1 rings (SSSR count). The van der Waals surface area contributed by atoms with Crippen molar-refractivity contribution in [1.82, 2.24) is 0 Å². The fourth-order valence-corrected chi connectivity index (χ4v) is 1.04. The Morgan fingerprint density at radius 3 is 2.35 bits per heavy atom. The van der Waals surface area contributed by atoms with Gasteiger partial charge in [0.05, 0.1) is 6.26 Å². The largest absolute Gasteiger partial charge is 0.481 e. The molecule has 0 aromatic heterocycles. The predicted octanol–water partition coefficient (Wildman–Crippen LogP) is 2.40. The molecule has 0 saturated heterocycles. The molecule has 0 saturated carbocycles. The van der Waals surface area contributed by atoms with E-state index in [-0.39, 0.29) is 5.97 Å². The minimum atomic E-state index is -0.833. The van der Waals surface area contributed by atoms with Crippen molar-refractivity contribution in [1.29, 1.82) is 0 Å². The fourth-order valence-electron chi connectivity index (χ4n) is 1.04. The van der Waals surface area contributed by atoms with E-state index in [4.69, 9.17) is 9.90 Å². The minimum Gasteiger partial charge on any atom is -0.481 e. The zero-order valence-electron chi connectivity index (χ0n) is 9.76. The van der Waals surface area contributed by atoms with Gasteiger partial charge in [0.25, 0.3) is 5.97 Å². The van der Waals surface area contributed by atoms with Crippen LogP contribution in [-0.2, 0) is 20.7 Å². The topological polar surface area (TPSA) is 63.6 Å². The molecule has 0 aliphatic heterocycles. The second-order valence-corrected chi connectivity index (χ2v) is 3.16. The van der Waals surface area contributed by atoms with Crippen molar-refractivity contribution in [2.24, 2.45) is 0 Å². The summed E-state index contributed by atoms with van der Waals surface area (Å²) in [7, 11) is 0. The Morgan fingerprint density at radius 1 is 1.35 bits per heavy atom. The Morgan fingerprint density at radius 2 is 1.88 bits per heavy atom. The molecular formula is C13H16O4. The van der Waals surface area contributed by atoms with E-state index in [9.17, 15) is 4.79 Å². The lowest BCUT2D eigenvalue weighted by Crippen LogP contribution is -2.00. The van der Waals surface area contributed by atoms with Gasteiger partial charge in [-0.05, 0) is 12.0 Å². The predicted molar refractivity (Wildman–Crippen MR) is 64.4 cm³/mol. The minimum absolute atomic E-state index is 0.237. The highest BCUT2D eigenvalue weighted by molar-refractivity contribution is 5.70. The highest BCUT2D eigenvalue weighted by Crippen LogP contribution is 2.02. The lowest BCUT2D eigenvalue weighted by molar-refractivity contribution is -0.138. The summed E-state index contributed by atoms with van der Waals surface area (Å²) in [4.78, 5) is 19.9. The van der Waals surface area contributed by atoms with Crippen LogP contribution in [0.25, 0.3) is 0 Å². The van der Waals surface area contributed by atoms with Gasteiger partial charge in [-0.15, -0.1) is 0 Å². The first-order chi connectivity index (χ1) is 8.06. The number of carbonyl (C=O) groups excluding carboxylic acids is 1. The van der Waals surface area contributed by atoms with Gasteiger partial charge in [-0.1, -0.05) is 36.9 Å². The fraction of sp³-hybridized carbons (Fsp3) is 0.231. The number of ether oxygens (including phenoxy) is 1. The third-order valence-corrected chi connectivity index (χ3v) is 1.68. The SMILES string of the molecule is C=COC(=O)CCc1ccccc1.CC(=O)O. The van der Waals surface area contributed by atoms with Crippen molar-refractivity contribution in [2.45, 2.75) is 19.8 Å². The van der Waals surface area contributed by atoms with Crippen LogP contribution in [0, 0.1) is 0 Å². The molecule has 0 aliphatic carbocycles. The van der Waals surface area contributed by atoms with Crippen LogP contribution >= 0.6 is 0 Å². The van der Waals surface area contributed by atoms with Crippen LogP contribution in [0.5, 0.6) is 0 Å². The van der Waals surface area contributed by atoms with Gasteiger partial charge in [-0.25, -0.2) is 0 Å². The molecular weight excluding hydrogens is 220 g/mol. The van der Waals surface area contributed by atoms with Gasteiger partial charge in [-0.3, -0.25) is 9.59 Å². The Bertz CT molecular complexity index is 353. The van der Waals surface area contributed by atoms with Crippen molar-refractivity contribution >= 4 is 11.9 Å². The summed E-state index contributed by atoms with van der Waals surface area (Å²) in [5.74, 6) is -1.07. The molecule has 92 valence electrons. The van der Waals surface area contributed by atoms with Crippen molar-refractivity contribution in [2.75, 3.05) is 0 Å². The number of aliphatic carboxylic acids is 1. The number of hydrogen-bond donors (Lipinski definition) is 1. The van der Waals surface area contributed by atoms with Gasteiger partial charge in [0.15, 0.2) is 0 Å². The Hall–Kier alpha value is -2.10. The third kappa shape index (κ3) is 10.2. The van der Waals surface area contributed by atoms with Crippen LogP contribution < -0.4 is 0 Å². The molecule has 0 spiro atoms. The van der Waals surface area contributed by atoms with Gasteiger partial charge in [0.2, 0.25) is 0 Å². The van der Waals surface area contributed by atoms with Gasteiger partial charge in [0, 0.05) is 13.3 Å². The van der Waals surface area contributed by atoms with Crippen LogP contribution in [0.15, 0.2) is 43.2 Å². The quantitative estimate of drug-likeness (QED) is 0.644. The Kier molecular flexibility index (Phi) is 8.02. The average Bonchev–Trinajstić information content (AvgIpc) is 2.27. The monoisotopic (exact) mass is 236 g/mol. The summed E-state index contributed by atoms with van der Waals surface area (Å²) in [6, 6.07) is 9.83. The molecule has 0 atom stereocenters. The summed E-state index contributed by atoms with van der Waals surface area (Å²) in [6.07, 6.45) is 2.27. The van der Waals surface area contributed by atoms with E-state index in [1.807, 2.05) is 30.3 Å². The molecule has 4 nitrogen and oxygen atoms in total. The van der Waals surface area contributed by atoms with Gasteiger partial charge in [-0.2, -0.15) is 0 Å². The van der Waals surface area contributed by atoms with Crippen LogP contribution in [0.4, 0.5) is 0 Å². The molecule has 0 heterocycles. The van der Waals surface area contributed by atoms with E-state index in [1.165, 1.54) is 0 Å². The first kappa shape index (κ1) is 14.9. The maximum atomic E-state index is 10.9. The van der Waals surface area contributed by atoms with E-state index >= 15 is 0 Å². The molecule has 1 N–H and O–H groups in total. The van der Waals surface area contributed by atoms with E-state index < -0.39 is 5.97 Å². The lowest BCUT2D eigenvalue weighted by atomic mass is 10.1. The highest BCUT2D eigenvalue weighted by Gasteiger charge is 2.00. The lowest BCUT2D eigenvalue weighted by Gasteiger charge is -1.99.